The first-order valence-corrected chi connectivity index (χ1v) is 10.5. The maximum Gasteiger partial charge on any atom is 0.359 e. The molecule has 1 fully saturated rings. The number of benzene rings is 1. The van der Waals surface area contributed by atoms with E-state index < -0.39 is 69.5 Å². The van der Waals surface area contributed by atoms with Crippen LogP contribution in [-0.2, 0) is 36.0 Å². The molecule has 0 aliphatic carbocycles. The first-order chi connectivity index (χ1) is 13.5. The Balaban J connectivity index is 2.40. The van der Waals surface area contributed by atoms with Crippen LogP contribution in [0.25, 0.3) is 0 Å². The van der Waals surface area contributed by atoms with E-state index in [2.05, 4.69) is 4.72 Å². The van der Waals surface area contributed by atoms with E-state index in [-0.39, 0.29) is 5.56 Å². The van der Waals surface area contributed by atoms with Gasteiger partial charge in [-0.2, -0.15) is 0 Å². The van der Waals surface area contributed by atoms with Gasteiger partial charge in [0.15, 0.2) is 11.6 Å². The van der Waals surface area contributed by atoms with Gasteiger partial charge in [-0.25, -0.2) is 22.8 Å². The highest BCUT2D eigenvalue weighted by Gasteiger charge is 2.58. The predicted octanol–water partition coefficient (Wildman–Crippen LogP) is 3.56. The van der Waals surface area contributed by atoms with Gasteiger partial charge in [0.25, 0.3) is 5.79 Å². The van der Waals surface area contributed by atoms with E-state index in [1.54, 1.807) is 20.8 Å². The van der Waals surface area contributed by atoms with Gasteiger partial charge in [0.1, 0.15) is 4.75 Å². The third-order valence-electron chi connectivity index (χ3n) is 4.71. The highest BCUT2D eigenvalue weighted by atomic mass is 32.2. The van der Waals surface area contributed by atoms with Gasteiger partial charge in [-0.3, -0.25) is 0 Å². The molecular weight excluding hydrogens is 423 g/mol. The second-order valence-corrected chi connectivity index (χ2v) is 10.9. The lowest BCUT2D eigenvalue weighted by Crippen LogP contribution is -2.57. The molecule has 168 valence electrons. The van der Waals surface area contributed by atoms with Gasteiger partial charge in [-0.15, -0.1) is 4.72 Å². The normalized spacial score (nSPS) is 21.4. The summed E-state index contributed by atoms with van der Waals surface area (Å²) in [4.78, 5) is 24.4. The van der Waals surface area contributed by atoms with E-state index in [4.69, 9.17) is 9.47 Å². The number of hydrogen-bond acceptors (Lipinski definition) is 6. The lowest BCUT2D eigenvalue weighted by atomic mass is 9.84. The van der Waals surface area contributed by atoms with Gasteiger partial charge in [0, 0.05) is 37.2 Å². The van der Waals surface area contributed by atoms with E-state index in [1.165, 1.54) is 32.9 Å². The summed E-state index contributed by atoms with van der Waals surface area (Å²) in [5.41, 5.74) is -4.94. The quantitative estimate of drug-likeness (QED) is 0.406. The second-order valence-electron chi connectivity index (χ2n) is 8.90. The summed E-state index contributed by atoms with van der Waals surface area (Å²) in [6, 6.07) is 3.43. The number of nitrogens with one attached hydrogen (secondary N) is 1. The van der Waals surface area contributed by atoms with Crippen molar-refractivity contribution in [3.63, 3.8) is 0 Å². The van der Waals surface area contributed by atoms with Crippen LogP contribution in [-0.4, -0.2) is 32.7 Å². The Morgan fingerprint density at radius 2 is 1.63 bits per heavy atom. The molecule has 0 aromatic heterocycles. The molecule has 2 rings (SSSR count). The van der Waals surface area contributed by atoms with Crippen LogP contribution in [0.3, 0.4) is 0 Å². The molecule has 1 aromatic rings. The number of ether oxygens (including phenoxy) is 2. The zero-order valence-electron chi connectivity index (χ0n) is 17.7. The largest absolute Gasteiger partial charge is 0.598 e. The summed E-state index contributed by atoms with van der Waals surface area (Å²) in [6.45, 7) is 8.93. The molecule has 1 heterocycles. The number of cyclic esters (lactones) is 2. The first kappa shape index (κ1) is 24.5. The van der Waals surface area contributed by atoms with Crippen LogP contribution < -0.4 is 4.72 Å². The first-order valence-electron chi connectivity index (χ1n) is 9.32. The number of alkyl halides is 1. The summed E-state index contributed by atoms with van der Waals surface area (Å²) in [5.74, 6) is -6.82. The van der Waals surface area contributed by atoms with Crippen molar-refractivity contribution in [3.05, 3.63) is 35.4 Å². The zero-order valence-corrected chi connectivity index (χ0v) is 18.5. The number of carbonyl (C=O) groups is 2. The monoisotopic (exact) mass is 449 g/mol. The van der Waals surface area contributed by atoms with Crippen LogP contribution in [0, 0.1) is 11.6 Å². The van der Waals surface area contributed by atoms with Crippen LogP contribution in [0.15, 0.2) is 18.2 Å². The predicted molar refractivity (Wildman–Crippen MR) is 104 cm³/mol. The molecule has 2 atom stereocenters. The van der Waals surface area contributed by atoms with Crippen LogP contribution in [0.4, 0.5) is 13.2 Å². The van der Waals surface area contributed by atoms with E-state index in [9.17, 15) is 22.9 Å². The van der Waals surface area contributed by atoms with Crippen LogP contribution in [0.2, 0.25) is 0 Å². The lowest BCUT2D eigenvalue weighted by Gasteiger charge is -2.39. The summed E-state index contributed by atoms with van der Waals surface area (Å²) in [6.07, 6.45) is -1.15. The van der Waals surface area contributed by atoms with Crippen molar-refractivity contribution < 1.29 is 36.8 Å². The van der Waals surface area contributed by atoms with Crippen LogP contribution >= 0.6 is 0 Å². The summed E-state index contributed by atoms with van der Waals surface area (Å²) >= 11 is -1.77. The van der Waals surface area contributed by atoms with E-state index in [1.807, 2.05) is 0 Å². The Kier molecular flexibility index (Phi) is 6.57. The summed E-state index contributed by atoms with van der Waals surface area (Å²) < 4.78 is 68.0. The topological polar surface area (TPSA) is 87.7 Å². The van der Waals surface area contributed by atoms with Crippen molar-refractivity contribution in [1.82, 2.24) is 4.72 Å². The molecule has 0 saturated carbocycles. The van der Waals surface area contributed by atoms with E-state index in [0.717, 1.165) is 6.07 Å². The molecule has 0 spiro atoms. The Morgan fingerprint density at radius 1 is 1.10 bits per heavy atom. The lowest BCUT2D eigenvalue weighted by molar-refractivity contribution is -0.253. The van der Waals surface area contributed by atoms with Gasteiger partial charge in [0.2, 0.25) is 0 Å². The SMILES string of the molecule is CC1(C)OC(=O)C(F)(CCC(C)(N[S@+]([O-])C(C)(C)C)c2cccc(F)c2F)C(=O)O1. The molecule has 0 amide bonds. The molecule has 1 unspecified atom stereocenters. The molecule has 1 aromatic carbocycles. The number of carbonyl (C=O) groups excluding carboxylic acids is 2. The van der Waals surface area contributed by atoms with Crippen LogP contribution in [0.1, 0.15) is 59.9 Å². The zero-order chi connectivity index (χ0) is 23.1. The van der Waals surface area contributed by atoms with Crippen molar-refractivity contribution in [2.24, 2.45) is 0 Å². The molecular formula is C20H26F3NO5S. The minimum absolute atomic E-state index is 0.221. The van der Waals surface area contributed by atoms with Crippen LogP contribution in [0.5, 0.6) is 0 Å². The molecule has 30 heavy (non-hydrogen) atoms. The minimum atomic E-state index is -3.13. The molecule has 6 nitrogen and oxygen atoms in total. The summed E-state index contributed by atoms with van der Waals surface area (Å²) in [7, 11) is 0. The number of rotatable bonds is 6. The Hall–Kier alpha value is -1.78. The third-order valence-corrected chi connectivity index (χ3v) is 6.46. The van der Waals surface area contributed by atoms with E-state index >= 15 is 4.39 Å². The van der Waals surface area contributed by atoms with Crippen molar-refractivity contribution >= 4 is 23.3 Å². The molecule has 1 aliphatic heterocycles. The highest BCUT2D eigenvalue weighted by molar-refractivity contribution is 7.90. The molecule has 1 saturated heterocycles. The van der Waals surface area contributed by atoms with Crippen molar-refractivity contribution in [1.29, 1.82) is 0 Å². The van der Waals surface area contributed by atoms with E-state index in [0.29, 0.717) is 0 Å². The maximum atomic E-state index is 15.3. The summed E-state index contributed by atoms with van der Waals surface area (Å²) in [5, 5.41) is 0. The van der Waals surface area contributed by atoms with Crippen molar-refractivity contribution in [3.8, 4) is 0 Å². The standard InChI is InChI=1S/C20H26F3NO5S/c1-17(2,3)30(27)24-19(6,12-8-7-9-13(21)14(12)22)10-11-20(23)15(25)28-18(4,5)29-16(20)26/h7-9,24H,10-11H2,1-6H3/t19?,30-/m1/s1. The molecule has 0 bridgehead atoms. The van der Waals surface area contributed by atoms with Gasteiger partial charge >= 0.3 is 17.6 Å². The highest BCUT2D eigenvalue weighted by Crippen LogP contribution is 2.38. The van der Waals surface area contributed by atoms with Gasteiger partial charge < -0.3 is 14.0 Å². The Bertz CT molecular complexity index is 822. The van der Waals surface area contributed by atoms with Crippen molar-refractivity contribution in [2.75, 3.05) is 0 Å². The number of halogens is 3. The fourth-order valence-corrected chi connectivity index (χ4v) is 3.79. The van der Waals surface area contributed by atoms with Crippen molar-refractivity contribution in [2.45, 2.75) is 76.1 Å². The molecule has 10 heteroatoms. The minimum Gasteiger partial charge on any atom is -0.598 e. The molecule has 1 aliphatic rings. The average molecular weight is 449 g/mol. The Labute approximate surface area is 176 Å². The average Bonchev–Trinajstić information content (AvgIpc) is 2.59. The molecule has 0 radical (unpaired) electrons. The maximum absolute atomic E-state index is 15.3. The Morgan fingerprint density at radius 3 is 2.13 bits per heavy atom. The third kappa shape index (κ3) is 4.92. The number of esters is 2. The van der Waals surface area contributed by atoms with Gasteiger partial charge in [-0.1, -0.05) is 12.1 Å². The van der Waals surface area contributed by atoms with Gasteiger partial charge in [0.05, 0.1) is 5.54 Å². The number of hydrogen-bond donors (Lipinski definition) is 1. The molecule has 1 N–H and O–H groups in total. The fourth-order valence-electron chi connectivity index (χ4n) is 2.87. The second kappa shape index (κ2) is 8.05. The van der Waals surface area contributed by atoms with Gasteiger partial charge in [-0.05, 0) is 40.2 Å². The fraction of sp³-hybridized carbons (Fsp3) is 0.600. The smallest absolute Gasteiger partial charge is 0.359 e.